The van der Waals surface area contributed by atoms with Crippen molar-refractivity contribution in [3.8, 4) is 0 Å². The van der Waals surface area contributed by atoms with E-state index >= 15 is 0 Å². The lowest BCUT2D eigenvalue weighted by Gasteiger charge is -2.10. The second-order valence-electron chi connectivity index (χ2n) is 7.06. The van der Waals surface area contributed by atoms with Gasteiger partial charge < -0.3 is 15.6 Å². The van der Waals surface area contributed by atoms with Crippen molar-refractivity contribution in [2.75, 3.05) is 17.2 Å². The molecule has 0 fully saturated rings. The maximum Gasteiger partial charge on any atom is 0.132 e. The third-order valence-corrected chi connectivity index (χ3v) is 4.81. The average Bonchev–Trinajstić information content (AvgIpc) is 3.11. The first kappa shape index (κ1) is 18.0. The number of hydrogen-bond donors (Lipinski definition) is 3. The van der Waals surface area contributed by atoms with Crippen LogP contribution in [0.15, 0.2) is 60.8 Å². The standard InChI is InChI=1S/C23H25N5/c1-16-7-9-18(10-8-16)14-26-23-13-22(27-17(2)28-23)24-12-11-19-15-25-21-6-4-3-5-20(19)21/h3-10,13,15,25H,11-12,14H2,1-2H3,(H2,24,26,27,28). The Labute approximate surface area is 165 Å². The number of H-pyrrole nitrogens is 1. The zero-order chi connectivity index (χ0) is 19.3. The van der Waals surface area contributed by atoms with Crippen LogP contribution in [0.5, 0.6) is 0 Å². The highest BCUT2D eigenvalue weighted by atomic mass is 15.1. The predicted octanol–water partition coefficient (Wildman–Crippen LogP) is 4.84. The van der Waals surface area contributed by atoms with Crippen molar-refractivity contribution in [1.29, 1.82) is 0 Å². The first-order valence-corrected chi connectivity index (χ1v) is 9.61. The number of fused-ring (bicyclic) bond motifs is 1. The molecular weight excluding hydrogens is 346 g/mol. The van der Waals surface area contributed by atoms with Gasteiger partial charge in [-0.15, -0.1) is 0 Å². The Kier molecular flexibility index (Phi) is 5.24. The van der Waals surface area contributed by atoms with E-state index in [1.54, 1.807) is 0 Å². The summed E-state index contributed by atoms with van der Waals surface area (Å²) in [7, 11) is 0. The number of nitrogens with zero attached hydrogens (tertiary/aromatic N) is 2. The van der Waals surface area contributed by atoms with E-state index in [0.29, 0.717) is 0 Å². The highest BCUT2D eigenvalue weighted by Gasteiger charge is 2.05. The fourth-order valence-electron chi connectivity index (χ4n) is 3.31. The SMILES string of the molecule is Cc1ccc(CNc2cc(NCCc3c[nH]c4ccccc34)nc(C)n2)cc1. The van der Waals surface area contributed by atoms with E-state index < -0.39 is 0 Å². The van der Waals surface area contributed by atoms with Crippen LogP contribution in [0.2, 0.25) is 0 Å². The van der Waals surface area contributed by atoms with Crippen LogP contribution in [0.4, 0.5) is 11.6 Å². The second kappa shape index (κ2) is 8.13. The molecule has 3 N–H and O–H groups in total. The lowest BCUT2D eigenvalue weighted by molar-refractivity contribution is 0.979. The molecule has 2 heterocycles. The summed E-state index contributed by atoms with van der Waals surface area (Å²) in [5.41, 5.74) is 4.99. The Hall–Kier alpha value is -3.34. The summed E-state index contributed by atoms with van der Waals surface area (Å²) in [4.78, 5) is 12.3. The van der Waals surface area contributed by atoms with Crippen LogP contribution in [-0.2, 0) is 13.0 Å². The van der Waals surface area contributed by atoms with Gasteiger partial charge in [0.05, 0.1) is 0 Å². The number of aromatic nitrogens is 3. The minimum Gasteiger partial charge on any atom is -0.370 e. The topological polar surface area (TPSA) is 65.6 Å². The number of rotatable bonds is 7. The van der Waals surface area contributed by atoms with E-state index in [9.17, 15) is 0 Å². The van der Waals surface area contributed by atoms with Crippen molar-refractivity contribution in [1.82, 2.24) is 15.0 Å². The molecule has 0 atom stereocenters. The molecule has 0 aliphatic heterocycles. The van der Waals surface area contributed by atoms with Gasteiger partial charge in [0.25, 0.3) is 0 Å². The minimum atomic E-state index is 0.742. The van der Waals surface area contributed by atoms with Crippen LogP contribution in [-0.4, -0.2) is 21.5 Å². The zero-order valence-corrected chi connectivity index (χ0v) is 16.3. The molecule has 5 nitrogen and oxygen atoms in total. The lowest BCUT2D eigenvalue weighted by atomic mass is 10.1. The van der Waals surface area contributed by atoms with Crippen molar-refractivity contribution in [3.63, 3.8) is 0 Å². The highest BCUT2D eigenvalue weighted by Crippen LogP contribution is 2.18. The van der Waals surface area contributed by atoms with E-state index in [1.807, 2.05) is 13.0 Å². The van der Waals surface area contributed by atoms with Gasteiger partial charge >= 0.3 is 0 Å². The van der Waals surface area contributed by atoms with Gasteiger partial charge in [0, 0.05) is 36.3 Å². The molecule has 0 amide bonds. The first-order valence-electron chi connectivity index (χ1n) is 9.61. The Bertz CT molecular complexity index is 1070. The van der Waals surface area contributed by atoms with Gasteiger partial charge in [0.15, 0.2) is 0 Å². The van der Waals surface area contributed by atoms with Crippen LogP contribution >= 0.6 is 0 Å². The van der Waals surface area contributed by atoms with E-state index in [0.717, 1.165) is 37.0 Å². The largest absolute Gasteiger partial charge is 0.370 e. The fourth-order valence-corrected chi connectivity index (χ4v) is 3.31. The number of aryl methyl sites for hydroxylation is 2. The van der Waals surface area contributed by atoms with Crippen molar-refractivity contribution in [3.05, 3.63) is 83.3 Å². The summed E-state index contributed by atoms with van der Waals surface area (Å²) in [6.45, 7) is 5.57. The number of hydrogen-bond acceptors (Lipinski definition) is 4. The molecule has 0 spiro atoms. The molecule has 28 heavy (non-hydrogen) atoms. The third kappa shape index (κ3) is 4.31. The van der Waals surface area contributed by atoms with Crippen molar-refractivity contribution in [2.45, 2.75) is 26.8 Å². The Morgan fingerprint density at radius 3 is 2.46 bits per heavy atom. The van der Waals surface area contributed by atoms with E-state index in [2.05, 4.69) is 87.2 Å². The van der Waals surface area contributed by atoms with Crippen molar-refractivity contribution in [2.24, 2.45) is 0 Å². The molecule has 0 radical (unpaired) electrons. The average molecular weight is 371 g/mol. The molecule has 4 rings (SSSR count). The molecule has 2 aromatic carbocycles. The molecule has 5 heteroatoms. The Balaban J connectivity index is 1.37. The van der Waals surface area contributed by atoms with Crippen LogP contribution in [0, 0.1) is 13.8 Å². The molecule has 0 aliphatic rings. The van der Waals surface area contributed by atoms with Gasteiger partial charge in [0.2, 0.25) is 0 Å². The van der Waals surface area contributed by atoms with E-state index in [1.165, 1.54) is 27.6 Å². The third-order valence-electron chi connectivity index (χ3n) is 4.81. The summed E-state index contributed by atoms with van der Waals surface area (Å²) in [6, 6.07) is 18.9. The van der Waals surface area contributed by atoms with Crippen LogP contribution in [0.1, 0.15) is 22.5 Å². The minimum absolute atomic E-state index is 0.742. The Morgan fingerprint density at radius 1 is 0.893 bits per heavy atom. The van der Waals surface area contributed by atoms with Gasteiger partial charge in [-0.25, -0.2) is 9.97 Å². The molecule has 142 valence electrons. The van der Waals surface area contributed by atoms with Crippen molar-refractivity contribution < 1.29 is 0 Å². The van der Waals surface area contributed by atoms with E-state index in [4.69, 9.17) is 0 Å². The van der Waals surface area contributed by atoms with Crippen LogP contribution in [0.25, 0.3) is 10.9 Å². The number of aromatic amines is 1. The molecule has 4 aromatic rings. The summed E-state index contributed by atoms with van der Waals surface area (Å²) >= 11 is 0. The summed E-state index contributed by atoms with van der Waals surface area (Å²) in [5.74, 6) is 2.44. The Morgan fingerprint density at radius 2 is 1.64 bits per heavy atom. The number of benzene rings is 2. The molecule has 0 saturated carbocycles. The number of para-hydroxylation sites is 1. The summed E-state index contributed by atoms with van der Waals surface area (Å²) in [6.07, 6.45) is 3.02. The monoisotopic (exact) mass is 371 g/mol. The molecule has 0 unspecified atom stereocenters. The maximum absolute atomic E-state index is 4.51. The molecule has 0 saturated heterocycles. The molecule has 2 aromatic heterocycles. The molecule has 0 bridgehead atoms. The van der Waals surface area contributed by atoms with Gasteiger partial charge in [-0.1, -0.05) is 48.0 Å². The summed E-state index contributed by atoms with van der Waals surface area (Å²) < 4.78 is 0. The quantitative estimate of drug-likeness (QED) is 0.435. The normalized spacial score (nSPS) is 10.9. The number of nitrogens with one attached hydrogen (secondary N) is 3. The predicted molar refractivity (Wildman–Crippen MR) is 116 cm³/mol. The van der Waals surface area contributed by atoms with Crippen molar-refractivity contribution >= 4 is 22.5 Å². The zero-order valence-electron chi connectivity index (χ0n) is 16.3. The first-order chi connectivity index (χ1) is 13.7. The maximum atomic E-state index is 4.51. The van der Waals surface area contributed by atoms with Gasteiger partial charge in [-0.2, -0.15) is 0 Å². The molecular formula is C23H25N5. The smallest absolute Gasteiger partial charge is 0.132 e. The lowest BCUT2D eigenvalue weighted by Crippen LogP contribution is -2.09. The number of anilines is 2. The van der Waals surface area contributed by atoms with Crippen LogP contribution in [0.3, 0.4) is 0 Å². The van der Waals surface area contributed by atoms with Gasteiger partial charge in [-0.3, -0.25) is 0 Å². The van der Waals surface area contributed by atoms with E-state index in [-0.39, 0.29) is 0 Å². The fraction of sp³-hybridized carbons (Fsp3) is 0.217. The van der Waals surface area contributed by atoms with Gasteiger partial charge in [-0.05, 0) is 37.5 Å². The van der Waals surface area contributed by atoms with Gasteiger partial charge in [0.1, 0.15) is 17.5 Å². The summed E-state index contributed by atoms with van der Waals surface area (Å²) in [5, 5.41) is 8.10. The highest BCUT2D eigenvalue weighted by molar-refractivity contribution is 5.83. The molecule has 0 aliphatic carbocycles. The second-order valence-corrected chi connectivity index (χ2v) is 7.06. The van der Waals surface area contributed by atoms with Crippen LogP contribution < -0.4 is 10.6 Å².